The van der Waals surface area contributed by atoms with Crippen LogP contribution in [0.4, 0.5) is 0 Å². The summed E-state index contributed by atoms with van der Waals surface area (Å²) < 4.78 is 8.14. The molecule has 1 fully saturated rings. The molecule has 0 unspecified atom stereocenters. The number of imidazole rings is 1. The first-order chi connectivity index (χ1) is 10.2. The van der Waals surface area contributed by atoms with E-state index in [1.807, 2.05) is 6.07 Å². The highest BCUT2D eigenvalue weighted by molar-refractivity contribution is 6.16. The van der Waals surface area contributed by atoms with Crippen LogP contribution in [0.25, 0.3) is 11.0 Å². The maximum absolute atomic E-state index is 6.13. The first-order valence-corrected chi connectivity index (χ1v) is 8.43. The van der Waals surface area contributed by atoms with Crippen LogP contribution >= 0.6 is 11.6 Å². The second kappa shape index (κ2) is 5.88. The molecule has 1 aliphatic rings. The molecule has 0 radical (unpaired) electrons. The Hall–Kier alpha value is -1.22. The van der Waals surface area contributed by atoms with Crippen LogP contribution in [-0.2, 0) is 12.4 Å². The van der Waals surface area contributed by atoms with Crippen LogP contribution in [0.1, 0.15) is 45.4 Å². The molecule has 0 atom stereocenters. The second-order valence-electron chi connectivity index (χ2n) is 6.07. The number of alkyl halides is 1. The van der Waals surface area contributed by atoms with E-state index in [4.69, 9.17) is 21.3 Å². The Kier molecular flexibility index (Phi) is 4.12. The molecule has 2 aromatic rings. The van der Waals surface area contributed by atoms with Crippen molar-refractivity contribution in [2.75, 3.05) is 6.61 Å². The lowest BCUT2D eigenvalue weighted by Gasteiger charge is -2.16. The molecule has 0 amide bonds. The highest BCUT2D eigenvalue weighted by Gasteiger charge is 2.41. The molecular weight excluding hydrogens is 284 g/mol. The predicted octanol–water partition coefficient (Wildman–Crippen LogP) is 4.75. The number of fused-ring (bicyclic) bond motifs is 1. The summed E-state index contributed by atoms with van der Waals surface area (Å²) in [7, 11) is 0. The monoisotopic (exact) mass is 306 g/mol. The minimum absolute atomic E-state index is 0.446. The lowest BCUT2D eigenvalue weighted by Crippen LogP contribution is -2.12. The van der Waals surface area contributed by atoms with Gasteiger partial charge >= 0.3 is 0 Å². The molecule has 0 saturated heterocycles. The lowest BCUT2D eigenvalue weighted by molar-refractivity contribution is 0.320. The van der Waals surface area contributed by atoms with Gasteiger partial charge < -0.3 is 9.30 Å². The van der Waals surface area contributed by atoms with Crippen molar-refractivity contribution >= 4 is 22.6 Å². The lowest BCUT2D eigenvalue weighted by atomic mass is 10.0. The molecule has 0 spiro atoms. The molecule has 4 heteroatoms. The molecule has 21 heavy (non-hydrogen) atoms. The van der Waals surface area contributed by atoms with E-state index in [0.29, 0.717) is 11.3 Å². The minimum Gasteiger partial charge on any atom is -0.491 e. The summed E-state index contributed by atoms with van der Waals surface area (Å²) in [6.07, 6.45) is 4.85. The Morgan fingerprint density at radius 3 is 2.76 bits per heavy atom. The van der Waals surface area contributed by atoms with E-state index in [1.54, 1.807) is 0 Å². The molecule has 1 aliphatic carbocycles. The van der Waals surface area contributed by atoms with E-state index in [-0.39, 0.29) is 0 Å². The summed E-state index contributed by atoms with van der Waals surface area (Å²) in [6, 6.07) is 6.18. The van der Waals surface area contributed by atoms with Gasteiger partial charge in [0.2, 0.25) is 0 Å². The van der Waals surface area contributed by atoms with Crippen LogP contribution in [0.3, 0.4) is 0 Å². The molecule has 1 heterocycles. The van der Waals surface area contributed by atoms with Gasteiger partial charge in [-0.15, -0.1) is 11.6 Å². The van der Waals surface area contributed by atoms with Crippen molar-refractivity contribution in [2.45, 2.75) is 52.0 Å². The second-order valence-corrected chi connectivity index (χ2v) is 6.34. The maximum Gasteiger partial charge on any atom is 0.147 e. The quantitative estimate of drug-likeness (QED) is 0.690. The van der Waals surface area contributed by atoms with Crippen LogP contribution in [0.2, 0.25) is 0 Å². The molecule has 3 nitrogen and oxygen atoms in total. The number of ether oxygens (including phenoxy) is 1. The van der Waals surface area contributed by atoms with Crippen molar-refractivity contribution in [1.29, 1.82) is 0 Å². The fraction of sp³-hybridized carbons (Fsp3) is 0.588. The summed E-state index contributed by atoms with van der Waals surface area (Å²) in [5.41, 5.74) is 2.57. The van der Waals surface area contributed by atoms with E-state index < -0.39 is 0 Å². The van der Waals surface area contributed by atoms with Crippen LogP contribution in [0.15, 0.2) is 18.2 Å². The Balaban J connectivity index is 2.02. The van der Waals surface area contributed by atoms with Gasteiger partial charge in [0.1, 0.15) is 17.1 Å². The summed E-state index contributed by atoms with van der Waals surface area (Å²) in [5, 5.41) is 0. The number of rotatable bonds is 7. The SMILES string of the molecule is CCCOc1cccc2c1nc(CCl)n2CC1(CC)CC1. The highest BCUT2D eigenvalue weighted by Crippen LogP contribution is 2.50. The minimum atomic E-state index is 0.446. The van der Waals surface area contributed by atoms with Gasteiger partial charge in [0.25, 0.3) is 0 Å². The van der Waals surface area contributed by atoms with Crippen molar-refractivity contribution in [3.05, 3.63) is 24.0 Å². The third kappa shape index (κ3) is 2.76. The number of hydrogen-bond donors (Lipinski definition) is 0. The normalized spacial score (nSPS) is 16.3. The summed E-state index contributed by atoms with van der Waals surface area (Å²) in [6.45, 7) is 6.14. The maximum atomic E-state index is 6.13. The van der Waals surface area contributed by atoms with E-state index in [2.05, 4.69) is 30.5 Å². The Labute approximate surface area is 131 Å². The third-order valence-corrected chi connectivity index (χ3v) is 4.84. The number of aromatic nitrogens is 2. The topological polar surface area (TPSA) is 27.1 Å². The van der Waals surface area contributed by atoms with Crippen molar-refractivity contribution in [2.24, 2.45) is 5.41 Å². The zero-order chi connectivity index (χ0) is 14.9. The summed E-state index contributed by atoms with van der Waals surface area (Å²) in [4.78, 5) is 4.74. The summed E-state index contributed by atoms with van der Waals surface area (Å²) >= 11 is 6.13. The van der Waals surface area contributed by atoms with Gasteiger partial charge in [-0.05, 0) is 43.2 Å². The first-order valence-electron chi connectivity index (χ1n) is 7.90. The number of nitrogens with zero attached hydrogens (tertiary/aromatic N) is 2. The third-order valence-electron chi connectivity index (χ3n) is 4.60. The van der Waals surface area contributed by atoms with Gasteiger partial charge in [0.05, 0.1) is 18.0 Å². The fourth-order valence-electron chi connectivity index (χ4n) is 2.91. The number of benzene rings is 1. The smallest absolute Gasteiger partial charge is 0.147 e. The highest BCUT2D eigenvalue weighted by atomic mass is 35.5. The number of para-hydroxylation sites is 1. The largest absolute Gasteiger partial charge is 0.491 e. The van der Waals surface area contributed by atoms with Crippen molar-refractivity contribution in [3.8, 4) is 5.75 Å². The molecular formula is C17H23ClN2O. The van der Waals surface area contributed by atoms with E-state index >= 15 is 0 Å². The number of halogens is 1. The first kappa shape index (κ1) is 14.7. The van der Waals surface area contributed by atoms with Crippen molar-refractivity contribution in [3.63, 3.8) is 0 Å². The van der Waals surface area contributed by atoms with Crippen LogP contribution < -0.4 is 4.74 Å². The van der Waals surface area contributed by atoms with E-state index in [1.165, 1.54) is 19.3 Å². The van der Waals surface area contributed by atoms with Gasteiger partial charge in [0, 0.05) is 6.54 Å². The number of hydrogen-bond acceptors (Lipinski definition) is 2. The predicted molar refractivity (Wildman–Crippen MR) is 87.0 cm³/mol. The Morgan fingerprint density at radius 2 is 2.14 bits per heavy atom. The van der Waals surface area contributed by atoms with Crippen LogP contribution in [0, 0.1) is 5.41 Å². The molecule has 0 bridgehead atoms. The van der Waals surface area contributed by atoms with Gasteiger partial charge in [-0.2, -0.15) is 0 Å². The molecule has 114 valence electrons. The van der Waals surface area contributed by atoms with Crippen LogP contribution in [-0.4, -0.2) is 16.2 Å². The van der Waals surface area contributed by atoms with Crippen molar-refractivity contribution in [1.82, 2.24) is 9.55 Å². The van der Waals surface area contributed by atoms with Gasteiger partial charge in [0.15, 0.2) is 0 Å². The average Bonchev–Trinajstić information content (AvgIpc) is 3.20. The molecule has 1 saturated carbocycles. The molecule has 1 aromatic heterocycles. The van der Waals surface area contributed by atoms with E-state index in [0.717, 1.165) is 42.2 Å². The van der Waals surface area contributed by atoms with Gasteiger partial charge in [-0.1, -0.05) is 19.9 Å². The zero-order valence-corrected chi connectivity index (χ0v) is 13.6. The average molecular weight is 307 g/mol. The van der Waals surface area contributed by atoms with Gasteiger partial charge in [-0.25, -0.2) is 4.98 Å². The van der Waals surface area contributed by atoms with E-state index in [9.17, 15) is 0 Å². The van der Waals surface area contributed by atoms with Crippen molar-refractivity contribution < 1.29 is 4.74 Å². The fourth-order valence-corrected chi connectivity index (χ4v) is 3.12. The molecule has 3 rings (SSSR count). The van der Waals surface area contributed by atoms with Crippen LogP contribution in [0.5, 0.6) is 5.75 Å². The molecule has 0 aliphatic heterocycles. The van der Waals surface area contributed by atoms with Gasteiger partial charge in [-0.3, -0.25) is 0 Å². The summed E-state index contributed by atoms with van der Waals surface area (Å²) in [5.74, 6) is 2.28. The Morgan fingerprint density at radius 1 is 1.33 bits per heavy atom. The molecule has 1 aromatic carbocycles. The standard InChI is InChI=1S/C17H23ClN2O/c1-3-10-21-14-7-5-6-13-16(14)19-15(11-18)20(13)12-17(4-2)8-9-17/h5-7H,3-4,8-12H2,1-2H3. The molecule has 0 N–H and O–H groups in total. The zero-order valence-electron chi connectivity index (χ0n) is 12.9. The Bertz CT molecular complexity index is 631.